The Bertz CT molecular complexity index is 970. The van der Waals surface area contributed by atoms with E-state index in [1.54, 1.807) is 6.92 Å². The van der Waals surface area contributed by atoms with Gasteiger partial charge in [-0.05, 0) is 104 Å². The molecule has 5 aliphatic rings. The van der Waals surface area contributed by atoms with E-state index in [9.17, 15) is 35.4 Å². The number of hydrogen-bond donors (Lipinski definition) is 6. The van der Waals surface area contributed by atoms with Crippen LogP contribution in [0.2, 0.25) is 0 Å². The Morgan fingerprint density at radius 1 is 0.974 bits per heavy atom. The number of carbonyl (C=O) groups is 1. The number of hydrogen-bond acceptors (Lipinski definition) is 6. The monoisotopic (exact) mass is 536 g/mol. The molecular weight excluding hydrogens is 484 g/mol. The van der Waals surface area contributed by atoms with Gasteiger partial charge < -0.3 is 30.6 Å². The van der Waals surface area contributed by atoms with Gasteiger partial charge in [-0.2, -0.15) is 0 Å². The summed E-state index contributed by atoms with van der Waals surface area (Å²) in [5, 5.41) is 65.0. The first-order valence-corrected chi connectivity index (χ1v) is 15.1. The molecular formula is C31H52O7. The molecule has 0 amide bonds. The third-order valence-corrected chi connectivity index (χ3v) is 14.3. The summed E-state index contributed by atoms with van der Waals surface area (Å²) in [6.07, 6.45) is 4.08. The largest absolute Gasteiger partial charge is 0.481 e. The highest BCUT2D eigenvalue weighted by Gasteiger charge is 2.86. The highest BCUT2D eigenvalue weighted by Crippen LogP contribution is 2.89. The maximum absolute atomic E-state index is 12.5. The molecule has 0 radical (unpaired) electrons. The van der Waals surface area contributed by atoms with Crippen LogP contribution in [0.25, 0.3) is 0 Å². The van der Waals surface area contributed by atoms with Gasteiger partial charge in [0.25, 0.3) is 0 Å². The fourth-order valence-electron chi connectivity index (χ4n) is 11.7. The van der Waals surface area contributed by atoms with Crippen molar-refractivity contribution in [1.82, 2.24) is 0 Å². The van der Waals surface area contributed by atoms with Crippen LogP contribution in [0.15, 0.2) is 0 Å². The van der Waals surface area contributed by atoms with Crippen LogP contribution in [0.4, 0.5) is 0 Å². The minimum atomic E-state index is -1.25. The molecule has 13 atom stereocenters. The van der Waals surface area contributed by atoms with Gasteiger partial charge in [0, 0.05) is 11.8 Å². The molecule has 0 aromatic carbocycles. The van der Waals surface area contributed by atoms with Crippen LogP contribution in [-0.4, -0.2) is 67.1 Å². The van der Waals surface area contributed by atoms with E-state index in [-0.39, 0.29) is 52.9 Å². The Morgan fingerprint density at radius 3 is 2.18 bits per heavy atom. The molecule has 1 unspecified atom stereocenters. The quantitative estimate of drug-likeness (QED) is 0.292. The third kappa shape index (κ3) is 3.23. The first kappa shape index (κ1) is 28.8. The maximum atomic E-state index is 12.5. The molecule has 5 rings (SSSR count). The van der Waals surface area contributed by atoms with Gasteiger partial charge in [-0.1, -0.05) is 34.6 Å². The van der Waals surface area contributed by atoms with Crippen LogP contribution in [0.5, 0.6) is 0 Å². The van der Waals surface area contributed by atoms with Crippen molar-refractivity contribution in [3.63, 3.8) is 0 Å². The van der Waals surface area contributed by atoms with Crippen molar-refractivity contribution < 1.29 is 35.4 Å². The second-order valence-corrected chi connectivity index (χ2v) is 15.5. The lowest BCUT2D eigenvalue weighted by molar-refractivity contribution is -0.210. The second kappa shape index (κ2) is 8.64. The minimum Gasteiger partial charge on any atom is -0.481 e. The zero-order valence-corrected chi connectivity index (χ0v) is 24.3. The van der Waals surface area contributed by atoms with Gasteiger partial charge in [-0.3, -0.25) is 4.79 Å². The smallest absolute Gasteiger partial charge is 0.312 e. The zero-order valence-electron chi connectivity index (χ0n) is 24.3. The minimum absolute atomic E-state index is 0.0539. The van der Waals surface area contributed by atoms with Crippen molar-refractivity contribution in [2.45, 2.75) is 123 Å². The Balaban J connectivity index is 1.45. The molecule has 2 spiro atoms. The van der Waals surface area contributed by atoms with Gasteiger partial charge in [-0.25, -0.2) is 0 Å². The number of carboxylic acids is 1. The predicted molar refractivity (Wildman–Crippen MR) is 143 cm³/mol. The fourth-order valence-corrected chi connectivity index (χ4v) is 11.7. The molecule has 5 aliphatic carbocycles. The standard InChI is InChI=1S/C31H52O7/c1-17(2)30(38,16-32)10-9-18(3)24-19(33)14-27(5)20-7-8-21-28(6,25(36)37)22(34)13-23(35)31(21)15-29(20,31)12-11-26(24,27)4/h17-24,32-35,38H,7-16H2,1-6H3,(H,36,37)/t18-,19-,20+,21?,22+,23+,24+,26-,27+,28+,29+,30-,31-/m1/s1. The van der Waals surface area contributed by atoms with Crippen LogP contribution in [0, 0.1) is 56.7 Å². The van der Waals surface area contributed by atoms with Gasteiger partial charge in [0.15, 0.2) is 0 Å². The van der Waals surface area contributed by atoms with Crippen molar-refractivity contribution in [2.24, 2.45) is 56.7 Å². The topological polar surface area (TPSA) is 138 Å². The van der Waals surface area contributed by atoms with Crippen molar-refractivity contribution in [3.8, 4) is 0 Å². The highest BCUT2D eigenvalue weighted by atomic mass is 16.4. The summed E-state index contributed by atoms with van der Waals surface area (Å²) in [7, 11) is 0. The lowest BCUT2D eigenvalue weighted by atomic mass is 9.41. The third-order valence-electron chi connectivity index (χ3n) is 14.3. The summed E-state index contributed by atoms with van der Waals surface area (Å²) < 4.78 is 0. The van der Waals surface area contributed by atoms with E-state index in [2.05, 4.69) is 20.8 Å². The number of aliphatic hydroxyl groups excluding tert-OH is 4. The molecule has 38 heavy (non-hydrogen) atoms. The van der Waals surface area contributed by atoms with E-state index >= 15 is 0 Å². The van der Waals surface area contributed by atoms with E-state index in [1.165, 1.54) is 0 Å². The predicted octanol–water partition coefficient (Wildman–Crippen LogP) is 3.59. The van der Waals surface area contributed by atoms with Crippen LogP contribution in [0.1, 0.15) is 99.3 Å². The zero-order chi connectivity index (χ0) is 28.3. The van der Waals surface area contributed by atoms with Crippen LogP contribution in [-0.2, 0) is 4.79 Å². The number of rotatable bonds is 7. The first-order valence-electron chi connectivity index (χ1n) is 15.1. The summed E-state index contributed by atoms with van der Waals surface area (Å²) >= 11 is 0. The molecule has 5 fully saturated rings. The summed E-state index contributed by atoms with van der Waals surface area (Å²) in [4.78, 5) is 12.5. The molecule has 7 nitrogen and oxygen atoms in total. The van der Waals surface area contributed by atoms with Crippen LogP contribution in [0.3, 0.4) is 0 Å². The first-order chi connectivity index (χ1) is 17.5. The van der Waals surface area contributed by atoms with Crippen molar-refractivity contribution in [2.75, 3.05) is 6.61 Å². The second-order valence-electron chi connectivity index (χ2n) is 15.5. The number of aliphatic carboxylic acids is 1. The van der Waals surface area contributed by atoms with E-state index < -0.39 is 40.7 Å². The molecule has 6 N–H and O–H groups in total. The number of fused-ring (bicyclic) bond motifs is 2. The van der Waals surface area contributed by atoms with Gasteiger partial charge in [0.05, 0.1) is 35.9 Å². The van der Waals surface area contributed by atoms with Crippen molar-refractivity contribution in [3.05, 3.63) is 0 Å². The Hall–Kier alpha value is -0.730. The Labute approximate surface area is 228 Å². The number of carboxylic acid groups (broad SMARTS) is 1. The molecule has 0 aromatic rings. The lowest BCUT2D eigenvalue weighted by Gasteiger charge is -2.63. The molecule has 0 aliphatic heterocycles. The summed E-state index contributed by atoms with van der Waals surface area (Å²) in [5.41, 5.74) is -3.21. The molecule has 0 heterocycles. The maximum Gasteiger partial charge on any atom is 0.312 e. The normalized spacial score (nSPS) is 53.8. The van der Waals surface area contributed by atoms with E-state index in [0.717, 1.165) is 32.1 Å². The average molecular weight is 537 g/mol. The highest BCUT2D eigenvalue weighted by molar-refractivity contribution is 5.76. The van der Waals surface area contributed by atoms with Gasteiger partial charge >= 0.3 is 5.97 Å². The lowest BCUT2D eigenvalue weighted by Crippen LogP contribution is -2.63. The molecule has 218 valence electrons. The molecule has 5 saturated carbocycles. The van der Waals surface area contributed by atoms with Crippen LogP contribution < -0.4 is 0 Å². The number of aliphatic hydroxyl groups is 5. The SMILES string of the molecule is CC(C)[C@](O)(CO)CC[C@@H](C)[C@H]1[C@H](O)C[C@@]2(C)[C@@H]3CCC4[C@](C)(C(=O)O)[C@@H](O)C[C@H](O)[C@@]45C[C@@]35CC[C@]12C. The fraction of sp³-hybridized carbons (Fsp3) is 0.968. The Morgan fingerprint density at radius 2 is 1.61 bits per heavy atom. The summed E-state index contributed by atoms with van der Waals surface area (Å²) in [6, 6.07) is 0. The van der Waals surface area contributed by atoms with Crippen molar-refractivity contribution in [1.29, 1.82) is 0 Å². The average Bonchev–Trinajstić information content (AvgIpc) is 3.48. The van der Waals surface area contributed by atoms with E-state index in [0.29, 0.717) is 25.2 Å². The van der Waals surface area contributed by atoms with Gasteiger partial charge in [-0.15, -0.1) is 0 Å². The van der Waals surface area contributed by atoms with Crippen molar-refractivity contribution >= 4 is 5.97 Å². The molecule has 7 heteroatoms. The van der Waals surface area contributed by atoms with Gasteiger partial charge in [0.1, 0.15) is 0 Å². The molecule has 0 saturated heterocycles. The molecule has 0 bridgehead atoms. The molecule has 0 aromatic heterocycles. The summed E-state index contributed by atoms with van der Waals surface area (Å²) in [6.45, 7) is 12.2. The van der Waals surface area contributed by atoms with Gasteiger partial charge in [0.2, 0.25) is 0 Å². The Kier molecular flexibility index (Phi) is 6.54. The summed E-state index contributed by atoms with van der Waals surface area (Å²) in [5.74, 6) is -0.703. The van der Waals surface area contributed by atoms with Crippen LogP contribution >= 0.6 is 0 Å². The van der Waals surface area contributed by atoms with E-state index in [4.69, 9.17) is 0 Å². The van der Waals surface area contributed by atoms with E-state index in [1.807, 2.05) is 13.8 Å².